The van der Waals surface area contributed by atoms with Crippen molar-refractivity contribution in [3.8, 4) is 22.4 Å². The number of nitrogens with one attached hydrogen (secondary N) is 1. The maximum Gasteiger partial charge on any atom is 0.411 e. The summed E-state index contributed by atoms with van der Waals surface area (Å²) in [6, 6.07) is 15.1. The molecule has 0 saturated heterocycles. The van der Waals surface area contributed by atoms with Crippen LogP contribution in [0, 0.1) is 13.8 Å². The van der Waals surface area contributed by atoms with Crippen molar-refractivity contribution in [2.24, 2.45) is 0 Å². The summed E-state index contributed by atoms with van der Waals surface area (Å²) in [6.07, 6.45) is 0. The zero-order valence-electron chi connectivity index (χ0n) is 18.1. The van der Waals surface area contributed by atoms with Crippen LogP contribution in [0.3, 0.4) is 0 Å². The molecule has 33 heavy (non-hydrogen) atoms. The molecule has 4 heterocycles. The fourth-order valence-electron chi connectivity index (χ4n) is 3.95. The molecule has 0 bridgehead atoms. The summed E-state index contributed by atoms with van der Waals surface area (Å²) in [5, 5.41) is 18.3. The predicted octanol–water partition coefficient (Wildman–Crippen LogP) is 1.77. The largest absolute Gasteiger partial charge is 0.411 e. The molecule has 0 radical (unpaired) electrons. The molecule has 0 saturated carbocycles. The van der Waals surface area contributed by atoms with Crippen LogP contribution < -0.4 is 16.4 Å². The highest BCUT2D eigenvalue weighted by molar-refractivity contribution is 5.88. The van der Waals surface area contributed by atoms with Crippen molar-refractivity contribution < 1.29 is 14.6 Å². The Hall–Kier alpha value is -4.31. The fraction of sp³-hybridized carbons (Fsp3) is 0.174. The number of rotatable bonds is 5. The Balaban J connectivity index is 1.83. The first-order valence-corrected chi connectivity index (χ1v) is 10.4. The second-order valence-corrected chi connectivity index (χ2v) is 7.80. The Labute approximate surface area is 187 Å². The standard InChI is InChI=1S/C23H21N7O3/c1-13-8-16(10-18(12-31)25-13)19-20(15-6-4-3-5-7-15)26-22(24)30-21(19)27-29(23(30)32)11-17-9-14(2)33-28-17/h3-10,31H,11-12H2,1-2H3,(H2,24,26)/p+1. The number of hydrogen-bond acceptors (Lipinski definition) is 7. The number of nitrogen functional groups attached to an aromatic ring is 1. The maximum atomic E-state index is 13.2. The second kappa shape index (κ2) is 7.99. The molecule has 10 heteroatoms. The van der Waals surface area contributed by atoms with E-state index >= 15 is 0 Å². The summed E-state index contributed by atoms with van der Waals surface area (Å²) < 4.78 is 7.76. The quantitative estimate of drug-likeness (QED) is 0.421. The molecule has 0 aliphatic rings. The lowest BCUT2D eigenvalue weighted by molar-refractivity contribution is -0.351. The molecule has 5 aromatic rings. The van der Waals surface area contributed by atoms with E-state index < -0.39 is 5.69 Å². The van der Waals surface area contributed by atoms with Crippen LogP contribution in [-0.2, 0) is 13.2 Å². The number of H-pyrrole nitrogens is 1. The number of aliphatic hydroxyl groups is 1. The van der Waals surface area contributed by atoms with Crippen molar-refractivity contribution in [3.05, 3.63) is 81.9 Å². The van der Waals surface area contributed by atoms with E-state index in [1.165, 1.54) is 9.08 Å². The molecule has 166 valence electrons. The van der Waals surface area contributed by atoms with E-state index in [0.717, 1.165) is 16.8 Å². The third-order valence-electron chi connectivity index (χ3n) is 5.32. The molecular formula is C23H22N7O3+. The molecule has 4 aromatic heterocycles. The van der Waals surface area contributed by atoms with Crippen LogP contribution >= 0.6 is 0 Å². The second-order valence-electron chi connectivity index (χ2n) is 7.80. The highest BCUT2D eigenvalue weighted by Crippen LogP contribution is 2.33. The Bertz CT molecular complexity index is 1530. The van der Waals surface area contributed by atoms with Crippen LogP contribution in [0.2, 0.25) is 0 Å². The number of fused-ring (bicyclic) bond motifs is 1. The molecule has 10 nitrogen and oxygen atoms in total. The Morgan fingerprint density at radius 2 is 1.88 bits per heavy atom. The van der Waals surface area contributed by atoms with Crippen molar-refractivity contribution in [1.29, 1.82) is 0 Å². The molecule has 0 unspecified atom stereocenters. The van der Waals surface area contributed by atoms with Gasteiger partial charge in [-0.15, -0.1) is 9.50 Å². The smallest absolute Gasteiger partial charge is 0.390 e. The van der Waals surface area contributed by atoms with Crippen LogP contribution in [-0.4, -0.2) is 29.4 Å². The van der Waals surface area contributed by atoms with Gasteiger partial charge in [-0.25, -0.2) is 9.78 Å². The van der Waals surface area contributed by atoms with E-state index in [2.05, 4.69) is 20.2 Å². The Morgan fingerprint density at radius 1 is 1.09 bits per heavy atom. The minimum absolute atomic E-state index is 0.134. The van der Waals surface area contributed by atoms with Gasteiger partial charge in [-0.1, -0.05) is 35.5 Å². The topological polar surface area (TPSA) is 139 Å². The number of aromatic nitrogens is 6. The summed E-state index contributed by atoms with van der Waals surface area (Å²) in [5.74, 6) is 0.791. The Kier molecular flexibility index (Phi) is 4.98. The lowest BCUT2D eigenvalue weighted by Gasteiger charge is -2.10. The zero-order valence-corrected chi connectivity index (χ0v) is 18.1. The molecule has 4 N–H and O–H groups in total. The lowest BCUT2D eigenvalue weighted by atomic mass is 9.99. The van der Waals surface area contributed by atoms with Crippen LogP contribution in [0.5, 0.6) is 0 Å². The van der Waals surface area contributed by atoms with E-state index in [9.17, 15) is 9.90 Å². The maximum absolute atomic E-state index is 13.2. The fourth-order valence-corrected chi connectivity index (χ4v) is 3.95. The first-order chi connectivity index (χ1) is 15.9. The van der Waals surface area contributed by atoms with Gasteiger partial charge in [0.1, 0.15) is 17.1 Å². The SMILES string of the molecule is Cc1cc(-c2c(-c3ccccc3)[nH+]c(N)n3c(=O)n(Cc4cc(C)on4)nc23)cc(CO)n1. The molecule has 5 rings (SSSR count). The van der Waals surface area contributed by atoms with Crippen molar-refractivity contribution in [1.82, 2.24) is 24.3 Å². The average molecular weight is 444 g/mol. The summed E-state index contributed by atoms with van der Waals surface area (Å²) in [4.78, 5) is 20.8. The number of nitrogens with zero attached hydrogens (tertiary/aromatic N) is 5. The Morgan fingerprint density at radius 3 is 2.58 bits per heavy atom. The first kappa shape index (κ1) is 20.6. The van der Waals surface area contributed by atoms with Gasteiger partial charge in [0.05, 0.1) is 24.4 Å². The van der Waals surface area contributed by atoms with Crippen LogP contribution in [0.15, 0.2) is 57.8 Å². The van der Waals surface area contributed by atoms with Gasteiger partial charge in [0.15, 0.2) is 0 Å². The number of benzene rings is 1. The zero-order chi connectivity index (χ0) is 23.1. The summed E-state index contributed by atoms with van der Waals surface area (Å²) in [7, 11) is 0. The minimum Gasteiger partial charge on any atom is -0.390 e. The number of hydrogen-bond donors (Lipinski definition) is 2. The van der Waals surface area contributed by atoms with Gasteiger partial charge < -0.3 is 9.63 Å². The van der Waals surface area contributed by atoms with Gasteiger partial charge in [-0.3, -0.25) is 10.7 Å². The van der Waals surface area contributed by atoms with Crippen LogP contribution in [0.25, 0.3) is 28.0 Å². The highest BCUT2D eigenvalue weighted by Gasteiger charge is 2.26. The number of aryl methyl sites for hydroxylation is 2. The normalized spacial score (nSPS) is 11.4. The van der Waals surface area contributed by atoms with Gasteiger partial charge >= 0.3 is 11.6 Å². The van der Waals surface area contributed by atoms with E-state index in [4.69, 9.17) is 10.3 Å². The number of nitrogens with two attached hydrogens (primary N) is 1. The van der Waals surface area contributed by atoms with E-state index in [-0.39, 0.29) is 19.1 Å². The summed E-state index contributed by atoms with van der Waals surface area (Å²) in [5.41, 5.74) is 11.1. The van der Waals surface area contributed by atoms with Crippen molar-refractivity contribution >= 4 is 11.6 Å². The summed E-state index contributed by atoms with van der Waals surface area (Å²) >= 11 is 0. The lowest BCUT2D eigenvalue weighted by Crippen LogP contribution is -2.28. The monoisotopic (exact) mass is 444 g/mol. The molecule has 0 atom stereocenters. The molecule has 0 amide bonds. The van der Waals surface area contributed by atoms with Gasteiger partial charge in [-0.2, -0.15) is 4.68 Å². The number of aromatic amines is 1. The molecular weight excluding hydrogens is 422 g/mol. The number of anilines is 1. The van der Waals surface area contributed by atoms with Crippen LogP contribution in [0.1, 0.15) is 22.8 Å². The minimum atomic E-state index is -0.409. The van der Waals surface area contributed by atoms with Crippen molar-refractivity contribution in [3.63, 3.8) is 0 Å². The molecule has 0 fully saturated rings. The summed E-state index contributed by atoms with van der Waals surface area (Å²) in [6.45, 7) is 3.55. The highest BCUT2D eigenvalue weighted by atomic mass is 16.5. The first-order valence-electron chi connectivity index (χ1n) is 10.4. The van der Waals surface area contributed by atoms with Gasteiger partial charge in [0, 0.05) is 17.3 Å². The number of aliphatic hydroxyl groups excluding tert-OH is 1. The van der Waals surface area contributed by atoms with E-state index in [0.29, 0.717) is 34.1 Å². The van der Waals surface area contributed by atoms with Gasteiger partial charge in [0.25, 0.3) is 0 Å². The van der Waals surface area contributed by atoms with Crippen LogP contribution in [0.4, 0.5) is 5.95 Å². The average Bonchev–Trinajstić information content (AvgIpc) is 3.36. The molecule has 0 aliphatic carbocycles. The third kappa shape index (κ3) is 3.66. The third-order valence-corrected chi connectivity index (χ3v) is 5.32. The van der Waals surface area contributed by atoms with Gasteiger partial charge in [0.2, 0.25) is 5.65 Å². The van der Waals surface area contributed by atoms with Crippen molar-refractivity contribution in [2.45, 2.75) is 27.0 Å². The van der Waals surface area contributed by atoms with Crippen molar-refractivity contribution in [2.75, 3.05) is 5.73 Å². The number of pyridine rings is 1. The molecule has 0 spiro atoms. The van der Waals surface area contributed by atoms with E-state index in [1.807, 2.05) is 43.3 Å². The van der Waals surface area contributed by atoms with E-state index in [1.54, 1.807) is 19.1 Å². The van der Waals surface area contributed by atoms with Gasteiger partial charge in [-0.05, 0) is 31.5 Å². The molecule has 0 aliphatic heterocycles. The molecule has 1 aromatic carbocycles. The predicted molar refractivity (Wildman–Crippen MR) is 120 cm³/mol.